The third kappa shape index (κ3) is 8.55. The first-order valence-electron chi connectivity index (χ1n) is 5.82. The first-order chi connectivity index (χ1) is 7.72. The van der Waals surface area contributed by atoms with Crippen molar-refractivity contribution in [2.24, 2.45) is 0 Å². The Labute approximate surface area is 104 Å². The zero-order valence-electron chi connectivity index (χ0n) is 11.3. The van der Waals surface area contributed by atoms with Gasteiger partial charge in [0.25, 0.3) is 5.97 Å². The van der Waals surface area contributed by atoms with Crippen molar-refractivity contribution in [3.63, 3.8) is 0 Å². The quantitative estimate of drug-likeness (QED) is 0.506. The molecule has 0 heterocycles. The maximum Gasteiger partial charge on any atom is 0.330 e. The van der Waals surface area contributed by atoms with Crippen molar-refractivity contribution >= 4 is 21.9 Å². The molecule has 0 bridgehead atoms. The zero-order valence-corrected chi connectivity index (χ0v) is 13.2. The second kappa shape index (κ2) is 7.31. The van der Waals surface area contributed by atoms with E-state index in [-0.39, 0.29) is 19.0 Å². The lowest BCUT2D eigenvalue weighted by Gasteiger charge is -2.18. The normalized spacial score (nSPS) is 15.4. The number of hydrogen-bond donors (Lipinski definition) is 0. The molecule has 0 rings (SSSR count). The second-order valence-corrected chi connectivity index (χ2v) is 11.3. The molecule has 5 nitrogen and oxygen atoms in total. The number of hydrogen-bond acceptors (Lipinski definition) is 5. The van der Waals surface area contributed by atoms with Crippen LogP contribution in [-0.2, 0) is 22.8 Å². The van der Waals surface area contributed by atoms with Gasteiger partial charge < -0.3 is 13.5 Å². The van der Waals surface area contributed by atoms with Crippen LogP contribution in [0.4, 0.5) is 0 Å². The van der Waals surface area contributed by atoms with E-state index in [2.05, 4.69) is 0 Å². The average Bonchev–Trinajstić information content (AvgIpc) is 2.15. The summed E-state index contributed by atoms with van der Waals surface area (Å²) in [5.41, 5.74) is 0. The summed E-state index contributed by atoms with van der Waals surface area (Å²) in [5.74, 6) is -0.302. The van der Waals surface area contributed by atoms with Crippen LogP contribution in [0.5, 0.6) is 0 Å². The fourth-order valence-corrected chi connectivity index (χ4v) is 3.06. The van der Waals surface area contributed by atoms with Gasteiger partial charge in [-0.3, -0.25) is 9.36 Å². The maximum absolute atomic E-state index is 11.9. The van der Waals surface area contributed by atoms with Gasteiger partial charge in [0.05, 0.1) is 19.6 Å². The summed E-state index contributed by atoms with van der Waals surface area (Å²) < 4.78 is 27.3. The molecule has 0 amide bonds. The predicted octanol–water partition coefficient (Wildman–Crippen LogP) is 3.02. The molecule has 0 radical (unpaired) electrons. The molecule has 0 N–H and O–H groups in total. The molecule has 0 saturated heterocycles. The van der Waals surface area contributed by atoms with Crippen molar-refractivity contribution in [3.05, 3.63) is 0 Å². The minimum absolute atomic E-state index is 0.0778. The topological polar surface area (TPSA) is 61.8 Å². The molecule has 0 aliphatic heterocycles. The van der Waals surface area contributed by atoms with Gasteiger partial charge in [-0.1, -0.05) is 6.92 Å². The number of rotatable bonds is 8. The van der Waals surface area contributed by atoms with Gasteiger partial charge in [0, 0.05) is 6.16 Å². The number of carbonyl (C=O) groups excluding carboxylic acids is 1. The summed E-state index contributed by atoms with van der Waals surface area (Å²) in [4.78, 5) is 11.4. The molecule has 7 heteroatoms. The molecule has 0 aliphatic rings. The van der Waals surface area contributed by atoms with Crippen LogP contribution in [0, 0.1) is 0 Å². The summed E-state index contributed by atoms with van der Waals surface area (Å²) in [6.45, 7) is 9.70. The van der Waals surface area contributed by atoms with Crippen LogP contribution in [0.1, 0.15) is 20.3 Å². The van der Waals surface area contributed by atoms with Crippen molar-refractivity contribution in [1.82, 2.24) is 0 Å². The third-order valence-corrected chi connectivity index (χ3v) is 4.57. The largest absolute Gasteiger partial charge is 0.520 e. The van der Waals surface area contributed by atoms with Crippen molar-refractivity contribution in [1.29, 1.82) is 0 Å². The van der Waals surface area contributed by atoms with Crippen LogP contribution >= 0.6 is 7.60 Å². The van der Waals surface area contributed by atoms with E-state index in [9.17, 15) is 9.36 Å². The first-order valence-corrected chi connectivity index (χ1v) is 11.0. The summed E-state index contributed by atoms with van der Waals surface area (Å²) in [5, 5.41) is 0. The Hall–Kier alpha value is -0.163. The zero-order chi connectivity index (χ0) is 13.5. The lowest BCUT2D eigenvalue weighted by molar-refractivity contribution is -0.135. The molecule has 1 unspecified atom stereocenters. The van der Waals surface area contributed by atoms with Crippen LogP contribution in [0.2, 0.25) is 19.6 Å². The number of carbonyl (C=O) groups is 1. The summed E-state index contributed by atoms with van der Waals surface area (Å²) in [6, 6.07) is 0. The average molecular weight is 282 g/mol. The molecular weight excluding hydrogens is 259 g/mol. The molecule has 102 valence electrons. The van der Waals surface area contributed by atoms with Crippen LogP contribution in [0.15, 0.2) is 0 Å². The van der Waals surface area contributed by atoms with Gasteiger partial charge in [0.2, 0.25) is 8.32 Å². The van der Waals surface area contributed by atoms with Crippen molar-refractivity contribution in [2.45, 2.75) is 39.9 Å². The fourth-order valence-electron chi connectivity index (χ4n) is 1.08. The molecular formula is C10H23O5PSi. The Bertz CT molecular complexity index is 287. The summed E-state index contributed by atoms with van der Waals surface area (Å²) in [7, 11) is -4.85. The molecule has 0 fully saturated rings. The maximum atomic E-state index is 11.9. The smallest absolute Gasteiger partial charge is 0.330 e. The minimum atomic E-state index is -3.00. The first kappa shape index (κ1) is 16.8. The van der Waals surface area contributed by atoms with Crippen LogP contribution < -0.4 is 0 Å². The van der Waals surface area contributed by atoms with Gasteiger partial charge in [-0.25, -0.2) is 0 Å². The third-order valence-electron chi connectivity index (χ3n) is 1.73. The Morgan fingerprint density at radius 1 is 1.18 bits per heavy atom. The van der Waals surface area contributed by atoms with Gasteiger partial charge >= 0.3 is 7.60 Å². The van der Waals surface area contributed by atoms with Gasteiger partial charge in [-0.2, -0.15) is 0 Å². The van der Waals surface area contributed by atoms with E-state index in [4.69, 9.17) is 13.5 Å². The summed E-state index contributed by atoms with van der Waals surface area (Å²) in [6.07, 6.45) is 0.422. The molecule has 0 spiro atoms. The Kier molecular flexibility index (Phi) is 7.24. The van der Waals surface area contributed by atoms with E-state index < -0.39 is 15.9 Å². The van der Waals surface area contributed by atoms with Gasteiger partial charge in [0.1, 0.15) is 0 Å². The molecule has 17 heavy (non-hydrogen) atoms. The van der Waals surface area contributed by atoms with Crippen LogP contribution in [-0.4, -0.2) is 33.7 Å². The van der Waals surface area contributed by atoms with Crippen molar-refractivity contribution < 1.29 is 22.8 Å². The highest BCUT2D eigenvalue weighted by molar-refractivity contribution is 7.53. The Balaban J connectivity index is 3.98. The van der Waals surface area contributed by atoms with Gasteiger partial charge in [-0.15, -0.1) is 0 Å². The molecule has 0 aromatic heterocycles. The molecule has 1 atom stereocenters. The lowest BCUT2D eigenvalue weighted by Crippen LogP contribution is -2.29. The van der Waals surface area contributed by atoms with Gasteiger partial charge in [-0.05, 0) is 26.6 Å². The van der Waals surface area contributed by atoms with Crippen molar-refractivity contribution in [3.8, 4) is 0 Å². The molecule has 0 aromatic rings. The highest BCUT2D eigenvalue weighted by Crippen LogP contribution is 2.47. The van der Waals surface area contributed by atoms with Gasteiger partial charge in [0.15, 0.2) is 0 Å². The van der Waals surface area contributed by atoms with Crippen LogP contribution in [0.3, 0.4) is 0 Å². The van der Waals surface area contributed by atoms with E-state index in [1.165, 1.54) is 0 Å². The van der Waals surface area contributed by atoms with E-state index in [0.29, 0.717) is 12.8 Å². The van der Waals surface area contributed by atoms with Crippen molar-refractivity contribution in [2.75, 3.05) is 19.4 Å². The summed E-state index contributed by atoms with van der Waals surface area (Å²) >= 11 is 0. The molecule has 0 aromatic carbocycles. The SMILES string of the molecule is CCOP(=O)(CC)OCCC(=O)O[Si](C)(C)C. The standard InChI is InChI=1S/C10H23O5PSi/c1-6-13-16(12,7-2)14-9-8-10(11)15-17(3,4)5/h6-9H2,1-5H3. The Morgan fingerprint density at radius 3 is 2.18 bits per heavy atom. The van der Waals surface area contributed by atoms with E-state index in [0.717, 1.165) is 0 Å². The van der Waals surface area contributed by atoms with E-state index in [1.807, 2.05) is 19.6 Å². The lowest BCUT2D eigenvalue weighted by atomic mass is 10.5. The Morgan fingerprint density at radius 2 is 1.76 bits per heavy atom. The monoisotopic (exact) mass is 282 g/mol. The highest BCUT2D eigenvalue weighted by atomic mass is 31.2. The predicted molar refractivity (Wildman–Crippen MR) is 69.8 cm³/mol. The van der Waals surface area contributed by atoms with E-state index in [1.54, 1.807) is 13.8 Å². The molecule has 0 aliphatic carbocycles. The van der Waals surface area contributed by atoms with Crippen LogP contribution in [0.25, 0.3) is 0 Å². The second-order valence-electron chi connectivity index (χ2n) is 4.51. The van der Waals surface area contributed by atoms with E-state index >= 15 is 0 Å². The molecule has 0 saturated carbocycles. The minimum Gasteiger partial charge on any atom is -0.520 e. The highest BCUT2D eigenvalue weighted by Gasteiger charge is 2.23. The fraction of sp³-hybridized carbons (Fsp3) is 0.900.